The molecule has 1 amide bonds. The highest BCUT2D eigenvalue weighted by Crippen LogP contribution is 2.25. The predicted octanol–water partition coefficient (Wildman–Crippen LogP) is 3.84. The van der Waals surface area contributed by atoms with Crippen molar-refractivity contribution in [2.45, 2.75) is 20.8 Å². The number of nitrogens with zero attached hydrogens (tertiary/aromatic N) is 2. The van der Waals surface area contributed by atoms with E-state index < -0.39 is 6.09 Å². The number of hydrogen-bond acceptors (Lipinski definition) is 3. The van der Waals surface area contributed by atoms with Crippen molar-refractivity contribution in [3.63, 3.8) is 0 Å². The summed E-state index contributed by atoms with van der Waals surface area (Å²) in [6, 6.07) is 7.90. The molecule has 4 nitrogen and oxygen atoms in total. The Morgan fingerprint density at radius 1 is 1.20 bits per heavy atom. The zero-order chi connectivity index (χ0) is 14.8. The van der Waals surface area contributed by atoms with Crippen molar-refractivity contribution in [2.24, 2.45) is 10.4 Å². The predicted molar refractivity (Wildman–Crippen MR) is 80.1 cm³/mol. The second kappa shape index (κ2) is 5.41. The highest BCUT2D eigenvalue weighted by atomic mass is 16.5. The number of methoxy groups -OCH3 is 1. The highest BCUT2D eigenvalue weighted by Gasteiger charge is 2.22. The van der Waals surface area contributed by atoms with Crippen molar-refractivity contribution in [1.82, 2.24) is 4.98 Å². The first-order valence-corrected chi connectivity index (χ1v) is 6.43. The molecule has 104 valence electrons. The van der Waals surface area contributed by atoms with Crippen molar-refractivity contribution in [2.75, 3.05) is 7.11 Å². The molecule has 1 aromatic carbocycles. The zero-order valence-corrected chi connectivity index (χ0v) is 12.2. The first-order valence-electron chi connectivity index (χ1n) is 6.43. The Hall–Kier alpha value is -2.23. The van der Waals surface area contributed by atoms with Gasteiger partial charge in [-0.05, 0) is 23.1 Å². The minimum atomic E-state index is -0.579. The molecule has 0 unspecified atom stereocenters. The van der Waals surface area contributed by atoms with Crippen LogP contribution in [0, 0.1) is 5.41 Å². The minimum absolute atomic E-state index is 0.255. The molecule has 4 heteroatoms. The van der Waals surface area contributed by atoms with Gasteiger partial charge in [-0.3, -0.25) is 4.98 Å². The molecule has 2 aromatic rings. The van der Waals surface area contributed by atoms with Crippen molar-refractivity contribution in [1.29, 1.82) is 0 Å². The molecule has 0 bridgehead atoms. The summed E-state index contributed by atoms with van der Waals surface area (Å²) < 4.78 is 4.65. The average Bonchev–Trinajstić information content (AvgIpc) is 2.42. The summed E-state index contributed by atoms with van der Waals surface area (Å²) in [6.07, 6.45) is 2.98. The van der Waals surface area contributed by atoms with E-state index in [4.69, 9.17) is 0 Å². The normalized spacial score (nSPS) is 12.5. The van der Waals surface area contributed by atoms with Crippen LogP contribution in [0.5, 0.6) is 0 Å². The quantitative estimate of drug-likeness (QED) is 0.740. The van der Waals surface area contributed by atoms with Gasteiger partial charge in [-0.2, -0.15) is 4.99 Å². The van der Waals surface area contributed by atoms with Crippen LogP contribution in [0.2, 0.25) is 0 Å². The van der Waals surface area contributed by atoms with Gasteiger partial charge in [0.15, 0.2) is 0 Å². The fourth-order valence-electron chi connectivity index (χ4n) is 2.03. The van der Waals surface area contributed by atoms with Crippen LogP contribution in [0.25, 0.3) is 10.8 Å². The molecule has 0 aliphatic carbocycles. The summed E-state index contributed by atoms with van der Waals surface area (Å²) in [5, 5.41) is 2.13. The van der Waals surface area contributed by atoms with E-state index >= 15 is 0 Å². The summed E-state index contributed by atoms with van der Waals surface area (Å²) in [5.41, 5.74) is 1.37. The van der Waals surface area contributed by atoms with Crippen LogP contribution in [0.15, 0.2) is 41.7 Å². The van der Waals surface area contributed by atoms with Crippen LogP contribution in [-0.2, 0) is 4.74 Å². The zero-order valence-electron chi connectivity index (χ0n) is 12.2. The van der Waals surface area contributed by atoms with E-state index in [9.17, 15) is 4.79 Å². The summed E-state index contributed by atoms with van der Waals surface area (Å²) in [4.78, 5) is 19.7. The van der Waals surface area contributed by atoms with Crippen LogP contribution in [0.4, 0.5) is 4.79 Å². The second-order valence-corrected chi connectivity index (χ2v) is 5.62. The van der Waals surface area contributed by atoms with Crippen LogP contribution in [-0.4, -0.2) is 23.9 Å². The number of carbonyl (C=O) groups is 1. The molecule has 0 saturated heterocycles. The highest BCUT2D eigenvalue weighted by molar-refractivity contribution is 6.10. The third-order valence-corrected chi connectivity index (χ3v) is 3.00. The summed E-state index contributed by atoms with van der Waals surface area (Å²) in [6.45, 7) is 6.06. The lowest BCUT2D eigenvalue weighted by atomic mass is 9.85. The van der Waals surface area contributed by atoms with E-state index in [2.05, 4.69) is 14.7 Å². The first kappa shape index (κ1) is 14.2. The van der Waals surface area contributed by atoms with Gasteiger partial charge in [0.2, 0.25) is 0 Å². The van der Waals surface area contributed by atoms with Crippen molar-refractivity contribution < 1.29 is 9.53 Å². The summed E-state index contributed by atoms with van der Waals surface area (Å²) in [7, 11) is 1.33. The third kappa shape index (κ3) is 3.02. The third-order valence-electron chi connectivity index (χ3n) is 3.00. The number of rotatable bonds is 1. The van der Waals surface area contributed by atoms with E-state index in [0.717, 1.165) is 16.3 Å². The van der Waals surface area contributed by atoms with Gasteiger partial charge in [-0.15, -0.1) is 0 Å². The number of amides is 1. The van der Waals surface area contributed by atoms with E-state index in [1.54, 1.807) is 6.20 Å². The molecule has 0 aliphatic heterocycles. The van der Waals surface area contributed by atoms with Gasteiger partial charge in [0.1, 0.15) is 0 Å². The number of pyridine rings is 1. The number of carbonyl (C=O) groups excluding carboxylic acids is 1. The lowest BCUT2D eigenvalue weighted by molar-refractivity contribution is 0.182. The first-order chi connectivity index (χ1) is 9.41. The number of ether oxygens (including phenoxy) is 1. The van der Waals surface area contributed by atoms with Gasteiger partial charge in [-0.25, -0.2) is 4.79 Å². The molecule has 0 aliphatic rings. The lowest BCUT2D eigenvalue weighted by Crippen LogP contribution is -2.23. The van der Waals surface area contributed by atoms with Gasteiger partial charge in [0.05, 0.1) is 12.8 Å². The molecule has 1 aromatic heterocycles. The maximum absolute atomic E-state index is 11.5. The van der Waals surface area contributed by atoms with Gasteiger partial charge in [0, 0.05) is 23.2 Å². The average molecular weight is 270 g/mol. The fourth-order valence-corrected chi connectivity index (χ4v) is 2.03. The topological polar surface area (TPSA) is 51.5 Å². The van der Waals surface area contributed by atoms with Crippen LogP contribution in [0.1, 0.15) is 26.3 Å². The maximum atomic E-state index is 11.5. The molecule has 0 atom stereocenters. The van der Waals surface area contributed by atoms with Crippen LogP contribution >= 0.6 is 0 Å². The molecule has 2 rings (SSSR count). The summed E-state index contributed by atoms with van der Waals surface area (Å²) >= 11 is 0. The number of benzene rings is 1. The van der Waals surface area contributed by atoms with Crippen molar-refractivity contribution in [3.8, 4) is 0 Å². The monoisotopic (exact) mass is 270 g/mol. The Balaban J connectivity index is 2.57. The minimum Gasteiger partial charge on any atom is -0.451 e. The SMILES string of the molecule is COC(=O)/N=C(\c1ccc2cnccc2c1)C(C)(C)C. The van der Waals surface area contributed by atoms with Crippen LogP contribution < -0.4 is 0 Å². The maximum Gasteiger partial charge on any atom is 0.433 e. The molecule has 1 heterocycles. The molecule has 0 fully saturated rings. The van der Waals surface area contributed by atoms with Crippen molar-refractivity contribution >= 4 is 22.6 Å². The Morgan fingerprint density at radius 3 is 2.60 bits per heavy atom. The summed E-state index contributed by atoms with van der Waals surface area (Å²) in [5.74, 6) is 0. The second-order valence-electron chi connectivity index (χ2n) is 5.62. The van der Waals surface area contributed by atoms with Gasteiger partial charge in [-0.1, -0.05) is 32.9 Å². The fraction of sp³-hybridized carbons (Fsp3) is 0.312. The largest absolute Gasteiger partial charge is 0.451 e. The van der Waals surface area contributed by atoms with Gasteiger partial charge >= 0.3 is 6.09 Å². The molecular formula is C16H18N2O2. The van der Waals surface area contributed by atoms with E-state index in [0.29, 0.717) is 5.71 Å². The standard InChI is InChI=1S/C16H18N2O2/c1-16(2,3)14(18-15(19)20-4)12-5-6-13-10-17-8-7-11(13)9-12/h5-10H,1-4H3/b18-14+. The Morgan fingerprint density at radius 2 is 1.95 bits per heavy atom. The van der Waals surface area contributed by atoms with E-state index in [-0.39, 0.29) is 5.41 Å². The number of fused-ring (bicyclic) bond motifs is 1. The van der Waals surface area contributed by atoms with Crippen molar-refractivity contribution in [3.05, 3.63) is 42.2 Å². The Bertz CT molecular complexity index is 669. The number of hydrogen-bond donors (Lipinski definition) is 0. The van der Waals surface area contributed by atoms with Gasteiger partial charge in [0.25, 0.3) is 0 Å². The van der Waals surface area contributed by atoms with Crippen LogP contribution in [0.3, 0.4) is 0 Å². The van der Waals surface area contributed by atoms with E-state index in [1.807, 2.05) is 51.2 Å². The molecule has 0 saturated carbocycles. The smallest absolute Gasteiger partial charge is 0.433 e. The molecule has 0 spiro atoms. The lowest BCUT2D eigenvalue weighted by Gasteiger charge is -2.21. The Labute approximate surface area is 118 Å². The number of aromatic nitrogens is 1. The Kier molecular flexibility index (Phi) is 3.84. The van der Waals surface area contributed by atoms with Gasteiger partial charge < -0.3 is 4.74 Å². The molecule has 0 radical (unpaired) electrons. The molecule has 0 N–H and O–H groups in total. The molecular weight excluding hydrogens is 252 g/mol. The number of aliphatic imine (C=N–C) groups is 1. The molecule has 20 heavy (non-hydrogen) atoms. The van der Waals surface area contributed by atoms with E-state index in [1.165, 1.54) is 7.11 Å².